The molecule has 1 heterocycles. The summed E-state index contributed by atoms with van der Waals surface area (Å²) in [6.07, 6.45) is 4.95. The Hall–Kier alpha value is -0.900. The van der Waals surface area contributed by atoms with E-state index in [-0.39, 0.29) is 6.04 Å². The summed E-state index contributed by atoms with van der Waals surface area (Å²) in [4.78, 5) is 4.41. The van der Waals surface area contributed by atoms with Crippen LogP contribution in [0, 0.1) is 5.92 Å². The Morgan fingerprint density at radius 2 is 2.00 bits per heavy atom. The Labute approximate surface area is 90.2 Å². The molecule has 15 heavy (non-hydrogen) atoms. The number of hydrogen-bond acceptors (Lipinski definition) is 4. The molecular weight excluding hydrogens is 190 g/mol. The van der Waals surface area contributed by atoms with E-state index in [9.17, 15) is 0 Å². The molecule has 0 aromatic carbocycles. The van der Waals surface area contributed by atoms with Crippen LogP contribution in [0.25, 0.3) is 0 Å². The number of rotatable bonds is 3. The fourth-order valence-electron chi connectivity index (χ4n) is 2.02. The van der Waals surface area contributed by atoms with Crippen molar-refractivity contribution in [2.75, 3.05) is 0 Å². The van der Waals surface area contributed by atoms with Crippen molar-refractivity contribution in [3.63, 3.8) is 0 Å². The normalized spacial score (nSPS) is 20.0. The van der Waals surface area contributed by atoms with E-state index in [1.165, 1.54) is 25.7 Å². The summed E-state index contributed by atoms with van der Waals surface area (Å²) < 4.78 is 5.21. The highest BCUT2D eigenvalue weighted by atomic mass is 16.5. The summed E-state index contributed by atoms with van der Waals surface area (Å²) in [5.74, 6) is 2.29. The van der Waals surface area contributed by atoms with Crippen LogP contribution in [-0.2, 0) is 0 Å². The molecule has 1 aliphatic carbocycles. The van der Waals surface area contributed by atoms with E-state index in [0.717, 1.165) is 5.82 Å². The molecule has 0 radical (unpaired) electrons. The molecule has 0 aliphatic heterocycles. The Kier molecular flexibility index (Phi) is 3.05. The molecule has 4 nitrogen and oxygen atoms in total. The predicted octanol–water partition coefficient (Wildman–Crippen LogP) is 2.38. The fourth-order valence-corrected chi connectivity index (χ4v) is 2.02. The van der Waals surface area contributed by atoms with E-state index in [1.54, 1.807) is 0 Å². The van der Waals surface area contributed by atoms with Crippen molar-refractivity contribution in [2.45, 2.75) is 51.5 Å². The van der Waals surface area contributed by atoms with Crippen LogP contribution in [0.15, 0.2) is 4.52 Å². The van der Waals surface area contributed by atoms with Gasteiger partial charge in [0, 0.05) is 5.92 Å². The summed E-state index contributed by atoms with van der Waals surface area (Å²) in [7, 11) is 0. The van der Waals surface area contributed by atoms with Gasteiger partial charge < -0.3 is 10.3 Å². The second-order valence-corrected chi connectivity index (χ2v) is 4.74. The van der Waals surface area contributed by atoms with Crippen molar-refractivity contribution in [3.8, 4) is 0 Å². The van der Waals surface area contributed by atoms with Crippen molar-refractivity contribution < 1.29 is 4.52 Å². The maximum absolute atomic E-state index is 5.95. The maximum Gasteiger partial charge on any atom is 0.243 e. The quantitative estimate of drug-likeness (QED) is 0.830. The minimum Gasteiger partial charge on any atom is -0.338 e. The molecule has 84 valence electrons. The second-order valence-electron chi connectivity index (χ2n) is 4.74. The van der Waals surface area contributed by atoms with Crippen LogP contribution in [0.2, 0.25) is 0 Å². The molecule has 1 fully saturated rings. The molecule has 2 rings (SSSR count). The molecule has 1 atom stereocenters. The summed E-state index contributed by atoms with van der Waals surface area (Å²) in [5, 5.41) is 4.04. The van der Waals surface area contributed by atoms with Gasteiger partial charge in [-0.15, -0.1) is 0 Å². The molecule has 1 aromatic rings. The summed E-state index contributed by atoms with van der Waals surface area (Å²) >= 11 is 0. The largest absolute Gasteiger partial charge is 0.338 e. The van der Waals surface area contributed by atoms with Gasteiger partial charge in [0.2, 0.25) is 5.89 Å². The standard InChI is InChI=1S/C11H19N3O/c1-7(2)9(12)11-13-10(14-15-11)8-5-3-4-6-8/h7-9H,3-6,12H2,1-2H3/t9-/m1/s1. The van der Waals surface area contributed by atoms with Crippen LogP contribution in [0.5, 0.6) is 0 Å². The molecule has 1 aromatic heterocycles. The molecular formula is C11H19N3O. The first-order chi connectivity index (χ1) is 7.18. The van der Waals surface area contributed by atoms with Crippen molar-refractivity contribution in [2.24, 2.45) is 11.7 Å². The lowest BCUT2D eigenvalue weighted by molar-refractivity contribution is 0.321. The number of nitrogens with zero attached hydrogens (tertiary/aromatic N) is 2. The van der Waals surface area contributed by atoms with Crippen LogP contribution >= 0.6 is 0 Å². The highest BCUT2D eigenvalue weighted by molar-refractivity contribution is 5.00. The lowest BCUT2D eigenvalue weighted by Gasteiger charge is -2.09. The third kappa shape index (κ3) is 2.20. The number of aromatic nitrogens is 2. The third-order valence-electron chi connectivity index (χ3n) is 3.18. The molecule has 0 bridgehead atoms. The average Bonchev–Trinajstić information content (AvgIpc) is 2.86. The predicted molar refractivity (Wildman–Crippen MR) is 57.3 cm³/mol. The average molecular weight is 209 g/mol. The van der Waals surface area contributed by atoms with Gasteiger partial charge in [-0.05, 0) is 18.8 Å². The third-order valence-corrected chi connectivity index (χ3v) is 3.18. The molecule has 0 saturated heterocycles. The molecule has 4 heteroatoms. The van der Waals surface area contributed by atoms with Crippen LogP contribution in [-0.4, -0.2) is 10.1 Å². The molecule has 1 saturated carbocycles. The van der Waals surface area contributed by atoms with Crippen LogP contribution in [0.3, 0.4) is 0 Å². The van der Waals surface area contributed by atoms with Gasteiger partial charge >= 0.3 is 0 Å². The lowest BCUT2D eigenvalue weighted by atomic mass is 10.1. The first-order valence-electron chi connectivity index (χ1n) is 5.77. The SMILES string of the molecule is CC(C)[C@@H](N)c1nc(C2CCCC2)no1. The van der Waals surface area contributed by atoms with Gasteiger partial charge in [-0.1, -0.05) is 31.8 Å². The van der Waals surface area contributed by atoms with Gasteiger partial charge in [-0.3, -0.25) is 0 Å². The van der Waals surface area contributed by atoms with E-state index >= 15 is 0 Å². The van der Waals surface area contributed by atoms with E-state index in [0.29, 0.717) is 17.7 Å². The maximum atomic E-state index is 5.95. The number of nitrogens with two attached hydrogens (primary N) is 1. The first-order valence-corrected chi connectivity index (χ1v) is 5.77. The van der Waals surface area contributed by atoms with Gasteiger partial charge in [-0.25, -0.2) is 0 Å². The highest BCUT2D eigenvalue weighted by Gasteiger charge is 2.24. The minimum absolute atomic E-state index is 0.132. The second kappa shape index (κ2) is 4.31. The van der Waals surface area contributed by atoms with Crippen molar-refractivity contribution in [3.05, 3.63) is 11.7 Å². The van der Waals surface area contributed by atoms with E-state index in [4.69, 9.17) is 10.3 Å². The van der Waals surface area contributed by atoms with Gasteiger partial charge in [-0.2, -0.15) is 4.98 Å². The first kappa shape index (κ1) is 10.6. The Balaban J connectivity index is 2.09. The molecule has 2 N–H and O–H groups in total. The fraction of sp³-hybridized carbons (Fsp3) is 0.818. The van der Waals surface area contributed by atoms with Gasteiger partial charge in [0.25, 0.3) is 0 Å². The zero-order valence-electron chi connectivity index (χ0n) is 9.44. The smallest absolute Gasteiger partial charge is 0.243 e. The lowest BCUT2D eigenvalue weighted by Crippen LogP contribution is -2.17. The summed E-state index contributed by atoms with van der Waals surface area (Å²) in [5.41, 5.74) is 5.95. The van der Waals surface area contributed by atoms with Crippen LogP contribution < -0.4 is 5.73 Å². The van der Waals surface area contributed by atoms with E-state index in [2.05, 4.69) is 24.0 Å². The number of hydrogen-bond donors (Lipinski definition) is 1. The minimum atomic E-state index is -0.132. The zero-order valence-corrected chi connectivity index (χ0v) is 9.44. The molecule has 0 unspecified atom stereocenters. The van der Waals surface area contributed by atoms with Gasteiger partial charge in [0.05, 0.1) is 6.04 Å². The highest BCUT2D eigenvalue weighted by Crippen LogP contribution is 2.32. The Bertz CT molecular complexity index is 299. The van der Waals surface area contributed by atoms with Crippen molar-refractivity contribution in [1.82, 2.24) is 10.1 Å². The summed E-state index contributed by atoms with van der Waals surface area (Å²) in [6.45, 7) is 4.12. The van der Waals surface area contributed by atoms with Crippen LogP contribution in [0.1, 0.15) is 63.2 Å². The molecule has 1 aliphatic rings. The Morgan fingerprint density at radius 1 is 1.33 bits per heavy atom. The Morgan fingerprint density at radius 3 is 2.60 bits per heavy atom. The van der Waals surface area contributed by atoms with E-state index < -0.39 is 0 Å². The topological polar surface area (TPSA) is 64.9 Å². The van der Waals surface area contributed by atoms with E-state index in [1.807, 2.05) is 0 Å². The van der Waals surface area contributed by atoms with Crippen LogP contribution in [0.4, 0.5) is 0 Å². The van der Waals surface area contributed by atoms with Gasteiger partial charge in [0.1, 0.15) is 0 Å². The van der Waals surface area contributed by atoms with Crippen molar-refractivity contribution >= 4 is 0 Å². The molecule has 0 amide bonds. The molecule has 0 spiro atoms. The van der Waals surface area contributed by atoms with Crippen molar-refractivity contribution in [1.29, 1.82) is 0 Å². The summed E-state index contributed by atoms with van der Waals surface area (Å²) in [6, 6.07) is -0.132. The zero-order chi connectivity index (χ0) is 10.8. The van der Waals surface area contributed by atoms with Gasteiger partial charge in [0.15, 0.2) is 5.82 Å². The monoisotopic (exact) mass is 209 g/mol.